The van der Waals surface area contributed by atoms with Crippen molar-refractivity contribution < 1.29 is 9.59 Å². The van der Waals surface area contributed by atoms with Crippen LogP contribution in [0.2, 0.25) is 0 Å². The molecule has 2 aromatic carbocycles. The predicted octanol–water partition coefficient (Wildman–Crippen LogP) is 3.80. The molecular weight excluding hydrogens is 418 g/mol. The van der Waals surface area contributed by atoms with Gasteiger partial charge in [0, 0.05) is 17.1 Å². The second kappa shape index (κ2) is 9.85. The third-order valence-corrected chi connectivity index (χ3v) is 5.74. The number of nitrogens with one attached hydrogen (secondary N) is 2. The molecule has 0 bridgehead atoms. The summed E-state index contributed by atoms with van der Waals surface area (Å²) in [4.78, 5) is 26.8. The summed E-state index contributed by atoms with van der Waals surface area (Å²) in [5.41, 5.74) is 1.88. The van der Waals surface area contributed by atoms with Gasteiger partial charge in [-0.1, -0.05) is 42.5 Å². The summed E-state index contributed by atoms with van der Waals surface area (Å²) < 4.78 is 0.807. The van der Waals surface area contributed by atoms with Crippen molar-refractivity contribution in [1.82, 2.24) is 10.2 Å². The number of para-hydroxylation sites is 1. The van der Waals surface area contributed by atoms with Crippen molar-refractivity contribution in [2.24, 2.45) is 5.92 Å². The third kappa shape index (κ3) is 6.17. The van der Waals surface area contributed by atoms with Crippen molar-refractivity contribution in [3.63, 3.8) is 0 Å². The van der Waals surface area contributed by atoms with Crippen LogP contribution < -0.4 is 10.6 Å². The summed E-state index contributed by atoms with van der Waals surface area (Å²) in [7, 11) is 0. The van der Waals surface area contributed by atoms with Crippen molar-refractivity contribution in [2.75, 3.05) is 18.4 Å². The molecule has 2 amide bonds. The van der Waals surface area contributed by atoms with Gasteiger partial charge in [0.25, 0.3) is 0 Å². The molecule has 148 valence electrons. The van der Waals surface area contributed by atoms with Gasteiger partial charge >= 0.3 is 0 Å². The number of hydrogen-bond acceptors (Lipinski definition) is 3. The molecule has 28 heavy (non-hydrogen) atoms. The summed E-state index contributed by atoms with van der Waals surface area (Å²) in [6.45, 7) is 3.16. The van der Waals surface area contributed by atoms with E-state index in [0.29, 0.717) is 17.6 Å². The summed E-state index contributed by atoms with van der Waals surface area (Å²) in [5.74, 6) is 0.283. The minimum absolute atomic E-state index is 0.0445. The maximum absolute atomic E-state index is 12.5. The molecule has 0 heterocycles. The molecule has 3 rings (SSSR count). The van der Waals surface area contributed by atoms with Crippen LogP contribution in [0, 0.1) is 5.92 Å². The summed E-state index contributed by atoms with van der Waals surface area (Å²) in [5, 5.41) is 5.54. The number of carbonyl (C=O) groups is 2. The van der Waals surface area contributed by atoms with E-state index in [0.717, 1.165) is 11.0 Å². The lowest BCUT2D eigenvalue weighted by Crippen LogP contribution is -2.44. The summed E-state index contributed by atoms with van der Waals surface area (Å²) in [6.07, 6.45) is 2.45. The van der Waals surface area contributed by atoms with Crippen molar-refractivity contribution in [2.45, 2.75) is 32.4 Å². The predicted molar refractivity (Wildman–Crippen MR) is 115 cm³/mol. The van der Waals surface area contributed by atoms with Crippen LogP contribution in [-0.2, 0) is 16.1 Å². The van der Waals surface area contributed by atoms with E-state index in [1.54, 1.807) is 0 Å². The van der Waals surface area contributed by atoms with E-state index in [2.05, 4.69) is 50.5 Å². The molecule has 2 N–H and O–H groups in total. The standard InChI is InChI=1S/C22H26BrN3O2/c1-16(18-11-12-18)26(14-17-7-3-2-4-8-17)15-22(28)24-13-21(27)25-20-10-6-5-9-19(20)23/h2-10,16,18H,11-15H2,1H3,(H,24,28)(H,25,27). The molecule has 0 aromatic heterocycles. The molecule has 0 radical (unpaired) electrons. The van der Waals surface area contributed by atoms with Gasteiger partial charge in [-0.05, 0) is 59.3 Å². The van der Waals surface area contributed by atoms with Crippen LogP contribution in [0.25, 0.3) is 0 Å². The number of amides is 2. The van der Waals surface area contributed by atoms with Crippen molar-refractivity contribution in [1.29, 1.82) is 0 Å². The normalized spacial score (nSPS) is 14.5. The SMILES string of the molecule is CC(C1CC1)N(CC(=O)NCC(=O)Nc1ccccc1Br)Cc1ccccc1. The van der Waals surface area contributed by atoms with E-state index in [1.807, 2.05) is 42.5 Å². The Morgan fingerprint density at radius 1 is 1.07 bits per heavy atom. The molecule has 1 saturated carbocycles. The molecule has 1 aliphatic carbocycles. The van der Waals surface area contributed by atoms with Gasteiger partial charge in [0.2, 0.25) is 11.8 Å². The first-order chi connectivity index (χ1) is 13.5. The fourth-order valence-corrected chi connectivity index (χ4v) is 3.60. The molecule has 5 nitrogen and oxygen atoms in total. The van der Waals surface area contributed by atoms with E-state index in [-0.39, 0.29) is 24.9 Å². The monoisotopic (exact) mass is 443 g/mol. The topological polar surface area (TPSA) is 61.4 Å². The van der Waals surface area contributed by atoms with E-state index in [4.69, 9.17) is 0 Å². The average Bonchev–Trinajstić information content (AvgIpc) is 3.53. The maximum Gasteiger partial charge on any atom is 0.243 e. The van der Waals surface area contributed by atoms with Gasteiger partial charge in [0.15, 0.2) is 0 Å². The van der Waals surface area contributed by atoms with Crippen LogP contribution >= 0.6 is 15.9 Å². The molecule has 1 fully saturated rings. The number of hydrogen-bond donors (Lipinski definition) is 2. The number of carbonyl (C=O) groups excluding carboxylic acids is 2. The van der Waals surface area contributed by atoms with Gasteiger partial charge in [0.05, 0.1) is 18.8 Å². The summed E-state index contributed by atoms with van der Waals surface area (Å²) in [6, 6.07) is 17.9. The van der Waals surface area contributed by atoms with Crippen LogP contribution in [-0.4, -0.2) is 35.8 Å². The highest BCUT2D eigenvalue weighted by molar-refractivity contribution is 9.10. The van der Waals surface area contributed by atoms with Gasteiger partial charge in [-0.2, -0.15) is 0 Å². The minimum atomic E-state index is -0.245. The molecule has 2 aromatic rings. The second-order valence-corrected chi connectivity index (χ2v) is 8.13. The number of halogens is 1. The Balaban J connectivity index is 1.51. The molecule has 1 unspecified atom stereocenters. The lowest BCUT2D eigenvalue weighted by Gasteiger charge is -2.28. The first kappa shape index (κ1) is 20.6. The van der Waals surface area contributed by atoms with Crippen LogP contribution in [0.1, 0.15) is 25.3 Å². The van der Waals surface area contributed by atoms with E-state index < -0.39 is 0 Å². The number of rotatable bonds is 9. The van der Waals surface area contributed by atoms with Crippen molar-refractivity contribution in [3.8, 4) is 0 Å². The highest BCUT2D eigenvalue weighted by atomic mass is 79.9. The third-order valence-electron chi connectivity index (χ3n) is 5.05. The largest absolute Gasteiger partial charge is 0.346 e. The van der Waals surface area contributed by atoms with E-state index in [1.165, 1.54) is 18.4 Å². The maximum atomic E-state index is 12.5. The molecular formula is C22H26BrN3O2. The smallest absolute Gasteiger partial charge is 0.243 e. The van der Waals surface area contributed by atoms with Gasteiger partial charge in [-0.25, -0.2) is 0 Å². The van der Waals surface area contributed by atoms with Crippen LogP contribution in [0.4, 0.5) is 5.69 Å². The molecule has 0 spiro atoms. The zero-order chi connectivity index (χ0) is 19.9. The van der Waals surface area contributed by atoms with E-state index in [9.17, 15) is 9.59 Å². The molecule has 1 aliphatic rings. The lowest BCUT2D eigenvalue weighted by molar-refractivity contribution is -0.125. The minimum Gasteiger partial charge on any atom is -0.346 e. The van der Waals surface area contributed by atoms with E-state index >= 15 is 0 Å². The van der Waals surface area contributed by atoms with Gasteiger partial charge in [0.1, 0.15) is 0 Å². The Bertz CT molecular complexity index is 808. The van der Waals surface area contributed by atoms with Gasteiger partial charge < -0.3 is 10.6 Å². The van der Waals surface area contributed by atoms with Gasteiger partial charge in [-0.3, -0.25) is 14.5 Å². The Morgan fingerprint density at radius 3 is 2.43 bits per heavy atom. The fourth-order valence-electron chi connectivity index (χ4n) is 3.21. The Morgan fingerprint density at radius 2 is 1.75 bits per heavy atom. The molecule has 1 atom stereocenters. The summed E-state index contributed by atoms with van der Waals surface area (Å²) >= 11 is 3.40. The van der Waals surface area contributed by atoms with Crippen LogP contribution in [0.3, 0.4) is 0 Å². The Hall–Kier alpha value is -2.18. The Labute approximate surface area is 174 Å². The fraction of sp³-hybridized carbons (Fsp3) is 0.364. The van der Waals surface area contributed by atoms with Crippen molar-refractivity contribution in [3.05, 3.63) is 64.6 Å². The number of benzene rings is 2. The highest BCUT2D eigenvalue weighted by Gasteiger charge is 2.32. The number of nitrogens with zero attached hydrogens (tertiary/aromatic N) is 1. The first-order valence-electron chi connectivity index (χ1n) is 9.62. The molecule has 6 heteroatoms. The van der Waals surface area contributed by atoms with Crippen molar-refractivity contribution >= 4 is 33.4 Å². The zero-order valence-electron chi connectivity index (χ0n) is 16.0. The first-order valence-corrected chi connectivity index (χ1v) is 10.4. The zero-order valence-corrected chi connectivity index (χ0v) is 17.6. The Kier molecular flexibility index (Phi) is 7.23. The van der Waals surface area contributed by atoms with Gasteiger partial charge in [-0.15, -0.1) is 0 Å². The second-order valence-electron chi connectivity index (χ2n) is 7.27. The molecule has 0 aliphatic heterocycles. The molecule has 0 saturated heterocycles. The number of anilines is 1. The van der Waals surface area contributed by atoms with Crippen LogP contribution in [0.5, 0.6) is 0 Å². The quantitative estimate of drug-likeness (QED) is 0.619. The van der Waals surface area contributed by atoms with Crippen LogP contribution in [0.15, 0.2) is 59.1 Å². The average molecular weight is 444 g/mol. The highest BCUT2D eigenvalue weighted by Crippen LogP contribution is 2.35. The lowest BCUT2D eigenvalue weighted by atomic mass is 10.1.